The normalized spacial score (nSPS) is 25.8. The molecule has 1 aliphatic heterocycles. The van der Waals surface area contributed by atoms with Crippen LogP contribution in [0.25, 0.3) is 0 Å². The van der Waals surface area contributed by atoms with Gasteiger partial charge in [0.2, 0.25) is 0 Å². The van der Waals surface area contributed by atoms with Crippen molar-refractivity contribution >= 4 is 21.7 Å². The van der Waals surface area contributed by atoms with Crippen LogP contribution in [0.5, 0.6) is 0 Å². The summed E-state index contributed by atoms with van der Waals surface area (Å²) in [5.41, 5.74) is 0.287. The van der Waals surface area contributed by atoms with Crippen LogP contribution in [-0.4, -0.2) is 50.1 Å². The number of piperidine rings is 1. The quantitative estimate of drug-likeness (QED) is 0.773. The maximum atomic E-state index is 12.8. The first-order valence-electron chi connectivity index (χ1n) is 7.62. The van der Waals surface area contributed by atoms with Crippen LogP contribution in [0.15, 0.2) is 29.2 Å². The Kier molecular flexibility index (Phi) is 3.91. The van der Waals surface area contributed by atoms with Crippen molar-refractivity contribution in [2.24, 2.45) is 5.92 Å². The molecule has 0 radical (unpaired) electrons. The fourth-order valence-electron chi connectivity index (χ4n) is 3.21. The van der Waals surface area contributed by atoms with E-state index in [0.29, 0.717) is 12.3 Å². The maximum Gasteiger partial charge on any atom is 0.328 e. The molecule has 1 aromatic carbocycles. The number of carbonyl (C=O) groups excluding carboxylic acids is 2. The van der Waals surface area contributed by atoms with Gasteiger partial charge in [0.1, 0.15) is 6.04 Å². The van der Waals surface area contributed by atoms with Gasteiger partial charge in [0.05, 0.1) is 11.5 Å². The zero-order valence-corrected chi connectivity index (χ0v) is 13.9. The number of rotatable bonds is 4. The molecule has 2 aliphatic rings. The number of hydrogen-bond acceptors (Lipinski definition) is 5. The van der Waals surface area contributed by atoms with Crippen molar-refractivity contribution in [1.29, 1.82) is 0 Å². The number of amides is 1. The average Bonchev–Trinajstić information content (AvgIpc) is 3.16. The summed E-state index contributed by atoms with van der Waals surface area (Å²) >= 11 is 0. The highest BCUT2D eigenvalue weighted by Crippen LogP contribution is 2.48. The second kappa shape index (κ2) is 5.63. The van der Waals surface area contributed by atoms with Gasteiger partial charge in [-0.2, -0.15) is 0 Å². The number of carbonyl (C=O) groups is 2. The molecular weight excluding hydrogens is 318 g/mol. The van der Waals surface area contributed by atoms with Crippen LogP contribution in [0.2, 0.25) is 0 Å². The van der Waals surface area contributed by atoms with Crippen molar-refractivity contribution in [3.63, 3.8) is 0 Å². The van der Waals surface area contributed by atoms with Crippen molar-refractivity contribution in [2.75, 3.05) is 12.9 Å². The SMILES string of the molecule is CCOC(=O)[C@H]1C[C@H]2C[C@H]2N1C(=O)c1cccc(S(C)(=O)=O)c1. The minimum absolute atomic E-state index is 0.0683. The number of nitrogens with zero attached hydrogens (tertiary/aromatic N) is 1. The fourth-order valence-corrected chi connectivity index (χ4v) is 3.87. The molecule has 3 rings (SSSR count). The third kappa shape index (κ3) is 2.97. The number of hydrogen-bond donors (Lipinski definition) is 0. The molecule has 0 bridgehead atoms. The Bertz CT molecular complexity index is 757. The Morgan fingerprint density at radius 1 is 1.30 bits per heavy atom. The average molecular weight is 337 g/mol. The van der Waals surface area contributed by atoms with Gasteiger partial charge in [-0.15, -0.1) is 0 Å². The number of ether oxygens (including phenoxy) is 1. The molecule has 1 heterocycles. The summed E-state index contributed by atoms with van der Waals surface area (Å²) in [4.78, 5) is 26.6. The molecule has 0 aromatic heterocycles. The van der Waals surface area contributed by atoms with Gasteiger partial charge in [0, 0.05) is 17.9 Å². The number of likely N-dealkylation sites (tertiary alicyclic amines) is 1. The van der Waals surface area contributed by atoms with E-state index in [1.165, 1.54) is 12.1 Å². The molecule has 1 aliphatic carbocycles. The molecular formula is C16H19NO5S. The van der Waals surface area contributed by atoms with Crippen molar-refractivity contribution in [3.05, 3.63) is 29.8 Å². The number of sulfone groups is 1. The second-order valence-electron chi connectivity index (χ2n) is 6.08. The molecule has 1 saturated carbocycles. The lowest BCUT2D eigenvalue weighted by Gasteiger charge is -2.26. The molecule has 0 N–H and O–H groups in total. The van der Waals surface area contributed by atoms with Crippen LogP contribution in [0.1, 0.15) is 30.1 Å². The third-order valence-corrected chi connectivity index (χ3v) is 5.52. The van der Waals surface area contributed by atoms with E-state index in [0.717, 1.165) is 12.7 Å². The van der Waals surface area contributed by atoms with E-state index < -0.39 is 15.9 Å². The number of esters is 1. The van der Waals surface area contributed by atoms with E-state index in [9.17, 15) is 18.0 Å². The monoisotopic (exact) mass is 337 g/mol. The molecule has 0 unspecified atom stereocenters. The minimum Gasteiger partial charge on any atom is -0.464 e. The summed E-state index contributed by atoms with van der Waals surface area (Å²) in [6, 6.07) is 5.46. The van der Waals surface area contributed by atoms with Crippen LogP contribution in [0, 0.1) is 5.92 Å². The minimum atomic E-state index is -3.39. The summed E-state index contributed by atoms with van der Waals surface area (Å²) in [5, 5.41) is 0. The molecule has 23 heavy (non-hydrogen) atoms. The van der Waals surface area contributed by atoms with Gasteiger partial charge in [-0.3, -0.25) is 4.79 Å². The van der Waals surface area contributed by atoms with Gasteiger partial charge in [-0.05, 0) is 43.9 Å². The molecule has 0 spiro atoms. The summed E-state index contributed by atoms with van der Waals surface area (Å²) < 4.78 is 28.4. The van der Waals surface area contributed by atoms with Crippen molar-refractivity contribution in [3.8, 4) is 0 Å². The Hall–Kier alpha value is -1.89. The topological polar surface area (TPSA) is 80.8 Å². The number of benzene rings is 1. The highest BCUT2D eigenvalue weighted by atomic mass is 32.2. The van der Waals surface area contributed by atoms with Crippen molar-refractivity contribution in [2.45, 2.75) is 36.7 Å². The highest BCUT2D eigenvalue weighted by molar-refractivity contribution is 7.90. The first-order valence-corrected chi connectivity index (χ1v) is 9.51. The molecule has 1 amide bonds. The zero-order valence-electron chi connectivity index (χ0n) is 13.1. The molecule has 1 aromatic rings. The Morgan fingerprint density at radius 2 is 2.04 bits per heavy atom. The molecule has 1 saturated heterocycles. The summed E-state index contributed by atoms with van der Waals surface area (Å²) in [6.45, 7) is 2.01. The van der Waals surface area contributed by atoms with Gasteiger partial charge >= 0.3 is 5.97 Å². The molecule has 124 valence electrons. The van der Waals surface area contributed by atoms with E-state index in [1.807, 2.05) is 0 Å². The van der Waals surface area contributed by atoms with Gasteiger partial charge in [-0.1, -0.05) is 6.07 Å². The third-order valence-electron chi connectivity index (χ3n) is 4.41. The second-order valence-corrected chi connectivity index (χ2v) is 8.09. The molecule has 6 nitrogen and oxygen atoms in total. The summed E-state index contributed by atoms with van der Waals surface area (Å²) in [6.07, 6.45) is 2.62. The standard InChI is InChI=1S/C16H19NO5S/c1-3-22-16(19)14-9-11-8-13(11)17(14)15(18)10-5-4-6-12(7-10)23(2,20)21/h4-7,11,13-14H,3,8-9H2,1-2H3/t11-,13-,14-/m1/s1. The summed E-state index contributed by atoms with van der Waals surface area (Å²) in [5.74, 6) is -0.336. The van der Waals surface area contributed by atoms with Crippen LogP contribution in [-0.2, 0) is 19.4 Å². The van der Waals surface area contributed by atoms with Crippen molar-refractivity contribution < 1.29 is 22.7 Å². The van der Waals surface area contributed by atoms with E-state index in [2.05, 4.69) is 0 Å². The fraction of sp³-hybridized carbons (Fsp3) is 0.500. The van der Waals surface area contributed by atoms with E-state index in [4.69, 9.17) is 4.74 Å². The van der Waals surface area contributed by atoms with Gasteiger partial charge in [0.15, 0.2) is 9.84 Å². The van der Waals surface area contributed by atoms with Crippen LogP contribution in [0.4, 0.5) is 0 Å². The first-order chi connectivity index (χ1) is 10.8. The van der Waals surface area contributed by atoms with E-state index >= 15 is 0 Å². The smallest absolute Gasteiger partial charge is 0.328 e. The lowest BCUT2D eigenvalue weighted by molar-refractivity contribution is -0.148. The van der Waals surface area contributed by atoms with Gasteiger partial charge in [-0.25, -0.2) is 13.2 Å². The zero-order chi connectivity index (χ0) is 16.8. The van der Waals surface area contributed by atoms with Gasteiger partial charge < -0.3 is 9.64 Å². The predicted octanol–water partition coefficient (Wildman–Crippen LogP) is 1.26. The van der Waals surface area contributed by atoms with Crippen LogP contribution >= 0.6 is 0 Å². The predicted molar refractivity (Wildman–Crippen MR) is 82.7 cm³/mol. The van der Waals surface area contributed by atoms with E-state index in [-0.39, 0.29) is 35.0 Å². The van der Waals surface area contributed by atoms with E-state index in [1.54, 1.807) is 24.0 Å². The van der Waals surface area contributed by atoms with Gasteiger partial charge in [0.25, 0.3) is 5.91 Å². The molecule has 3 atom stereocenters. The maximum absolute atomic E-state index is 12.8. The lowest BCUT2D eigenvalue weighted by atomic mass is 10.1. The lowest BCUT2D eigenvalue weighted by Crippen LogP contribution is -2.44. The summed E-state index contributed by atoms with van der Waals surface area (Å²) in [7, 11) is -3.39. The van der Waals surface area contributed by atoms with Crippen molar-refractivity contribution in [1.82, 2.24) is 4.90 Å². The number of fused-ring (bicyclic) bond motifs is 1. The first kappa shape index (κ1) is 16.0. The van der Waals surface area contributed by atoms with Crippen LogP contribution < -0.4 is 0 Å². The highest BCUT2D eigenvalue weighted by Gasteiger charge is 2.56. The Balaban J connectivity index is 1.88. The largest absolute Gasteiger partial charge is 0.464 e. The molecule has 2 fully saturated rings. The van der Waals surface area contributed by atoms with Crippen LogP contribution in [0.3, 0.4) is 0 Å². The molecule has 7 heteroatoms. The Labute approximate surface area is 135 Å². The Morgan fingerprint density at radius 3 is 2.70 bits per heavy atom.